The van der Waals surface area contributed by atoms with Crippen molar-refractivity contribution in [1.29, 1.82) is 0 Å². The van der Waals surface area contributed by atoms with Gasteiger partial charge in [0.05, 0.1) is 13.7 Å². The Morgan fingerprint density at radius 3 is 2.42 bits per heavy atom. The number of amides is 1. The van der Waals surface area contributed by atoms with Gasteiger partial charge in [-0.1, -0.05) is 26.0 Å². The molecule has 0 atom stereocenters. The molecule has 3 N–H and O–H groups in total. The van der Waals surface area contributed by atoms with Crippen molar-refractivity contribution in [3.05, 3.63) is 29.8 Å². The Hall–Kier alpha value is -1.51. The fourth-order valence-electron chi connectivity index (χ4n) is 1.85. The maximum absolute atomic E-state index is 11.1. The lowest BCUT2D eigenvalue weighted by atomic mass is 10.1. The van der Waals surface area contributed by atoms with Crippen molar-refractivity contribution in [2.75, 3.05) is 25.5 Å². The summed E-state index contributed by atoms with van der Waals surface area (Å²) in [5.41, 5.74) is 1.77. The van der Waals surface area contributed by atoms with Crippen molar-refractivity contribution in [2.24, 2.45) is 10.9 Å². The molecule has 0 aliphatic rings. The van der Waals surface area contributed by atoms with E-state index in [1.165, 1.54) is 7.11 Å². The maximum Gasteiger partial charge on any atom is 0.411 e. The molecule has 1 amide bonds. The van der Waals surface area contributed by atoms with Crippen molar-refractivity contribution in [1.82, 2.24) is 10.6 Å². The van der Waals surface area contributed by atoms with E-state index in [2.05, 4.69) is 39.5 Å². The van der Waals surface area contributed by atoms with Gasteiger partial charge in [0.2, 0.25) is 0 Å². The van der Waals surface area contributed by atoms with E-state index in [4.69, 9.17) is 0 Å². The minimum absolute atomic E-state index is 0. The van der Waals surface area contributed by atoms with Crippen molar-refractivity contribution >= 4 is 41.7 Å². The number of ether oxygens (including phenoxy) is 1. The van der Waals surface area contributed by atoms with Gasteiger partial charge in [0.1, 0.15) is 0 Å². The van der Waals surface area contributed by atoms with Crippen LogP contribution in [0, 0.1) is 5.92 Å². The predicted octanol–water partition coefficient (Wildman–Crippen LogP) is 3.58. The molecule has 0 aliphatic heterocycles. The van der Waals surface area contributed by atoms with Gasteiger partial charge in [-0.15, -0.1) is 24.0 Å². The van der Waals surface area contributed by atoms with Crippen molar-refractivity contribution in [2.45, 2.75) is 33.7 Å². The van der Waals surface area contributed by atoms with E-state index in [0.29, 0.717) is 18.2 Å². The van der Waals surface area contributed by atoms with Gasteiger partial charge in [-0.25, -0.2) is 9.79 Å². The Kier molecular flexibility index (Phi) is 12.0. The largest absolute Gasteiger partial charge is 0.453 e. The molecule has 24 heavy (non-hydrogen) atoms. The van der Waals surface area contributed by atoms with Gasteiger partial charge in [-0.05, 0) is 37.0 Å². The second-order valence-electron chi connectivity index (χ2n) is 5.62. The lowest BCUT2D eigenvalue weighted by Crippen LogP contribution is -2.38. The zero-order valence-corrected chi connectivity index (χ0v) is 17.2. The number of carbonyl (C=O) groups is 1. The van der Waals surface area contributed by atoms with Crippen LogP contribution in [0.3, 0.4) is 0 Å². The number of hydrogen-bond donors (Lipinski definition) is 3. The molecule has 0 radical (unpaired) electrons. The smallest absolute Gasteiger partial charge is 0.411 e. The lowest BCUT2D eigenvalue weighted by Gasteiger charge is -2.12. The highest BCUT2D eigenvalue weighted by Crippen LogP contribution is 2.10. The zero-order valence-electron chi connectivity index (χ0n) is 14.9. The van der Waals surface area contributed by atoms with Crippen LogP contribution in [0.4, 0.5) is 10.5 Å². The number of guanidine groups is 1. The molecule has 0 saturated carbocycles. The molecule has 136 valence electrons. The van der Waals surface area contributed by atoms with E-state index < -0.39 is 6.09 Å². The summed E-state index contributed by atoms with van der Waals surface area (Å²) in [5, 5.41) is 9.19. The van der Waals surface area contributed by atoms with Crippen molar-refractivity contribution < 1.29 is 9.53 Å². The first kappa shape index (κ1) is 22.5. The molecule has 0 fully saturated rings. The van der Waals surface area contributed by atoms with Gasteiger partial charge < -0.3 is 15.4 Å². The standard InChI is InChI=1S/C17H28N4O2.HI/c1-5-18-16(19-11-10-13(2)3)20-12-14-6-8-15(9-7-14)21-17(22)23-4;/h6-9,13H,5,10-12H2,1-4H3,(H,21,22)(H2,18,19,20);1H. The molecule has 6 nitrogen and oxygen atoms in total. The molecule has 1 aromatic carbocycles. The molecule has 7 heteroatoms. The summed E-state index contributed by atoms with van der Waals surface area (Å²) in [7, 11) is 1.34. The zero-order chi connectivity index (χ0) is 17.1. The molecule has 0 spiro atoms. The maximum atomic E-state index is 11.1. The fraction of sp³-hybridized carbons (Fsp3) is 0.529. The molecular weight excluding hydrogens is 419 g/mol. The summed E-state index contributed by atoms with van der Waals surface area (Å²) in [6.07, 6.45) is 0.637. The van der Waals surface area contributed by atoms with Gasteiger partial charge >= 0.3 is 6.09 Å². The van der Waals surface area contributed by atoms with E-state index in [1.807, 2.05) is 31.2 Å². The fourth-order valence-corrected chi connectivity index (χ4v) is 1.85. The minimum Gasteiger partial charge on any atom is -0.453 e. The van der Waals surface area contributed by atoms with E-state index in [0.717, 1.165) is 31.0 Å². The van der Waals surface area contributed by atoms with E-state index in [-0.39, 0.29) is 24.0 Å². The minimum atomic E-state index is -0.473. The molecule has 0 heterocycles. The van der Waals surface area contributed by atoms with Crippen molar-refractivity contribution in [3.8, 4) is 0 Å². The number of rotatable bonds is 7. The topological polar surface area (TPSA) is 74.8 Å². The second kappa shape index (κ2) is 12.9. The molecule has 0 bridgehead atoms. The number of anilines is 1. The van der Waals surface area contributed by atoms with Crippen LogP contribution in [-0.4, -0.2) is 32.3 Å². The second-order valence-corrected chi connectivity index (χ2v) is 5.62. The Morgan fingerprint density at radius 1 is 1.21 bits per heavy atom. The van der Waals surface area contributed by atoms with Crippen LogP contribution in [0.2, 0.25) is 0 Å². The quantitative estimate of drug-likeness (QED) is 0.339. The van der Waals surface area contributed by atoms with Crippen LogP contribution in [0.1, 0.15) is 32.8 Å². The number of nitrogens with zero attached hydrogens (tertiary/aromatic N) is 1. The van der Waals surface area contributed by atoms with Crippen LogP contribution in [0.15, 0.2) is 29.3 Å². The number of halogens is 1. The van der Waals surface area contributed by atoms with E-state index >= 15 is 0 Å². The highest BCUT2D eigenvalue weighted by atomic mass is 127. The first-order chi connectivity index (χ1) is 11.0. The summed E-state index contributed by atoms with van der Waals surface area (Å²) in [6.45, 7) is 8.77. The third kappa shape index (κ3) is 9.59. The third-order valence-corrected chi connectivity index (χ3v) is 3.16. The van der Waals surface area contributed by atoms with Gasteiger partial charge in [-0.3, -0.25) is 5.32 Å². The molecular formula is C17H29IN4O2. The summed E-state index contributed by atoms with van der Waals surface area (Å²) >= 11 is 0. The third-order valence-electron chi connectivity index (χ3n) is 3.16. The monoisotopic (exact) mass is 448 g/mol. The Bertz CT molecular complexity index is 504. The van der Waals surface area contributed by atoms with Crippen LogP contribution >= 0.6 is 24.0 Å². The molecule has 0 saturated heterocycles. The normalized spacial score (nSPS) is 10.8. The lowest BCUT2D eigenvalue weighted by molar-refractivity contribution is 0.187. The van der Waals surface area contributed by atoms with Gasteiger partial charge in [0.15, 0.2) is 5.96 Å². The van der Waals surface area contributed by atoms with Crippen LogP contribution in [-0.2, 0) is 11.3 Å². The number of nitrogens with one attached hydrogen (secondary N) is 3. The highest BCUT2D eigenvalue weighted by molar-refractivity contribution is 14.0. The van der Waals surface area contributed by atoms with Crippen LogP contribution in [0.5, 0.6) is 0 Å². The number of methoxy groups -OCH3 is 1. The first-order valence-electron chi connectivity index (χ1n) is 8.01. The SMILES string of the molecule is CCNC(=NCc1ccc(NC(=O)OC)cc1)NCCC(C)C.I. The van der Waals surface area contributed by atoms with Gasteiger partial charge in [-0.2, -0.15) is 0 Å². The predicted molar refractivity (Wildman–Crippen MR) is 110 cm³/mol. The Balaban J connectivity index is 0.00000529. The van der Waals surface area contributed by atoms with Gasteiger partial charge in [0.25, 0.3) is 0 Å². The highest BCUT2D eigenvalue weighted by Gasteiger charge is 2.01. The van der Waals surface area contributed by atoms with E-state index in [9.17, 15) is 4.79 Å². The van der Waals surface area contributed by atoms with Gasteiger partial charge in [0, 0.05) is 18.8 Å². The molecule has 1 rings (SSSR count). The first-order valence-corrected chi connectivity index (χ1v) is 8.01. The molecule has 0 aromatic heterocycles. The molecule has 0 aliphatic carbocycles. The summed E-state index contributed by atoms with van der Waals surface area (Å²) in [4.78, 5) is 15.7. The average Bonchev–Trinajstić information content (AvgIpc) is 2.53. The van der Waals surface area contributed by atoms with Crippen molar-refractivity contribution in [3.63, 3.8) is 0 Å². The average molecular weight is 448 g/mol. The molecule has 1 aromatic rings. The number of carbonyl (C=O) groups excluding carboxylic acids is 1. The number of aliphatic imine (C=N–C) groups is 1. The Labute approximate surface area is 161 Å². The number of hydrogen-bond acceptors (Lipinski definition) is 3. The summed E-state index contributed by atoms with van der Waals surface area (Å²) < 4.78 is 4.56. The Morgan fingerprint density at radius 2 is 1.88 bits per heavy atom. The van der Waals surface area contributed by atoms with E-state index in [1.54, 1.807) is 0 Å². The molecule has 0 unspecified atom stereocenters. The summed E-state index contributed by atoms with van der Waals surface area (Å²) in [5.74, 6) is 1.49. The summed E-state index contributed by atoms with van der Waals surface area (Å²) in [6, 6.07) is 7.54. The van der Waals surface area contributed by atoms with Crippen LogP contribution < -0.4 is 16.0 Å². The van der Waals surface area contributed by atoms with Crippen LogP contribution in [0.25, 0.3) is 0 Å². The number of benzene rings is 1.